The van der Waals surface area contributed by atoms with E-state index in [0.717, 1.165) is 116 Å². The van der Waals surface area contributed by atoms with Crippen molar-refractivity contribution in [3.8, 4) is 0 Å². The zero-order chi connectivity index (χ0) is 40.0. The maximum Gasteiger partial charge on any atom is 0.220 e. The lowest BCUT2D eigenvalue weighted by molar-refractivity contribution is -0.123. The summed E-state index contributed by atoms with van der Waals surface area (Å²) in [4.78, 5) is 12.3. The van der Waals surface area contributed by atoms with Gasteiger partial charge in [-0.2, -0.15) is 0 Å². The third kappa shape index (κ3) is 41.0. The van der Waals surface area contributed by atoms with E-state index in [9.17, 15) is 15.0 Å². The van der Waals surface area contributed by atoms with Gasteiger partial charge in [-0.3, -0.25) is 4.79 Å². The van der Waals surface area contributed by atoms with E-state index in [4.69, 9.17) is 0 Å². The maximum absolute atomic E-state index is 12.3. The molecule has 0 saturated carbocycles. The highest BCUT2D eigenvalue weighted by Crippen LogP contribution is 2.05. The van der Waals surface area contributed by atoms with Gasteiger partial charge in [0.1, 0.15) is 0 Å². The van der Waals surface area contributed by atoms with Crippen LogP contribution in [0.3, 0.4) is 0 Å². The molecule has 0 aliphatic heterocycles. The predicted molar refractivity (Wildman–Crippen MR) is 243 cm³/mol. The zero-order valence-corrected chi connectivity index (χ0v) is 34.6. The number of carbonyl (C=O) groups excluding carboxylic acids is 1. The molecule has 4 nitrogen and oxygen atoms in total. The summed E-state index contributed by atoms with van der Waals surface area (Å²) in [7, 11) is 0. The second-order valence-corrected chi connectivity index (χ2v) is 13.3. The van der Waals surface area contributed by atoms with Crippen LogP contribution in [0.1, 0.15) is 136 Å². The minimum Gasteiger partial charge on any atom is -0.394 e. The van der Waals surface area contributed by atoms with Crippen LogP contribution in [0.15, 0.2) is 158 Å². The van der Waals surface area contributed by atoms with Crippen molar-refractivity contribution in [2.75, 3.05) is 6.61 Å². The number of rotatable bonds is 35. The fraction of sp³-hybridized carbons (Fsp3) is 0.471. The molecule has 0 saturated heterocycles. The number of nitrogens with one attached hydrogen (secondary N) is 1. The number of allylic oxidation sites excluding steroid dienone is 25. The maximum atomic E-state index is 12.3. The van der Waals surface area contributed by atoms with E-state index in [2.05, 4.69) is 165 Å². The summed E-state index contributed by atoms with van der Waals surface area (Å²) in [6.45, 7) is 4.00. The van der Waals surface area contributed by atoms with Crippen molar-refractivity contribution in [3.63, 3.8) is 0 Å². The van der Waals surface area contributed by atoms with Crippen molar-refractivity contribution in [3.05, 3.63) is 158 Å². The molecule has 2 atom stereocenters. The van der Waals surface area contributed by atoms with Gasteiger partial charge in [-0.1, -0.05) is 172 Å². The smallest absolute Gasteiger partial charge is 0.220 e. The second-order valence-electron chi connectivity index (χ2n) is 13.3. The number of carbonyl (C=O) groups is 1. The monoisotopic (exact) mass is 752 g/mol. The predicted octanol–water partition coefficient (Wildman–Crippen LogP) is 13.5. The van der Waals surface area contributed by atoms with E-state index in [1.807, 2.05) is 6.08 Å². The first kappa shape index (κ1) is 51.0. The van der Waals surface area contributed by atoms with Crippen molar-refractivity contribution < 1.29 is 15.0 Å². The lowest BCUT2D eigenvalue weighted by atomic mass is 10.1. The quantitative estimate of drug-likeness (QED) is 0.0446. The van der Waals surface area contributed by atoms with Gasteiger partial charge in [-0.05, 0) is 116 Å². The molecule has 0 aromatic carbocycles. The fourth-order valence-corrected chi connectivity index (χ4v) is 5.06. The highest BCUT2D eigenvalue weighted by atomic mass is 16.3. The molecule has 0 radical (unpaired) electrons. The molecule has 3 N–H and O–H groups in total. The second kappa shape index (κ2) is 44.4. The highest BCUT2D eigenvalue weighted by molar-refractivity contribution is 5.76. The molecule has 0 spiro atoms. The lowest BCUT2D eigenvalue weighted by Crippen LogP contribution is -2.45. The highest BCUT2D eigenvalue weighted by Gasteiger charge is 2.17. The topological polar surface area (TPSA) is 69.6 Å². The summed E-state index contributed by atoms with van der Waals surface area (Å²) < 4.78 is 0. The van der Waals surface area contributed by atoms with E-state index in [0.29, 0.717) is 6.42 Å². The Hall–Kier alpha value is -3.99. The van der Waals surface area contributed by atoms with E-state index in [1.54, 1.807) is 6.08 Å². The Morgan fingerprint density at radius 3 is 1.13 bits per heavy atom. The molecular formula is C51H77NO3. The minimum absolute atomic E-state index is 0.133. The molecule has 0 aliphatic rings. The molecule has 2 unspecified atom stereocenters. The fourth-order valence-electron chi connectivity index (χ4n) is 5.06. The van der Waals surface area contributed by atoms with Crippen LogP contribution in [0.25, 0.3) is 0 Å². The number of hydrogen-bond acceptors (Lipinski definition) is 3. The Morgan fingerprint density at radius 2 is 0.745 bits per heavy atom. The number of unbranched alkanes of at least 4 members (excludes halogenated alkanes) is 4. The van der Waals surface area contributed by atoms with Crippen LogP contribution in [0.2, 0.25) is 0 Å². The summed E-state index contributed by atoms with van der Waals surface area (Å²) >= 11 is 0. The molecule has 304 valence electrons. The molecule has 0 bridgehead atoms. The largest absolute Gasteiger partial charge is 0.394 e. The Morgan fingerprint density at radius 1 is 0.436 bits per heavy atom. The Balaban J connectivity index is 3.81. The van der Waals surface area contributed by atoms with Crippen LogP contribution in [0.4, 0.5) is 0 Å². The van der Waals surface area contributed by atoms with Crippen molar-refractivity contribution in [2.45, 2.75) is 148 Å². The third-order valence-electron chi connectivity index (χ3n) is 8.23. The average molecular weight is 752 g/mol. The van der Waals surface area contributed by atoms with Crippen LogP contribution in [0.5, 0.6) is 0 Å². The summed E-state index contributed by atoms with van der Waals surface area (Å²) in [5, 5.41) is 22.8. The van der Waals surface area contributed by atoms with Gasteiger partial charge < -0.3 is 15.5 Å². The molecule has 4 heteroatoms. The molecule has 0 heterocycles. The van der Waals surface area contributed by atoms with Crippen molar-refractivity contribution in [1.29, 1.82) is 0 Å². The molecule has 0 rings (SSSR count). The van der Waals surface area contributed by atoms with Gasteiger partial charge >= 0.3 is 0 Å². The third-order valence-corrected chi connectivity index (χ3v) is 8.23. The molecule has 0 aromatic rings. The van der Waals surface area contributed by atoms with Gasteiger partial charge in [0.15, 0.2) is 0 Å². The van der Waals surface area contributed by atoms with Crippen LogP contribution in [-0.4, -0.2) is 34.9 Å². The standard InChI is InChI=1S/C51H77NO3/c1-3-5-7-9-11-13-15-16-17-18-19-20-21-22-23-24-25-26-27-28-29-30-31-32-33-34-35-36-37-39-41-43-45-47-51(55)52-49(48-53)50(54)46-44-42-40-38-14-12-10-8-6-4-2/h5-8,11,13-14,16-17,19-20,22-23,25-26,28-29,31-32,34-35,37-39,44,46,49-50,53-54H,3-4,9-10,12,15,18,21,24,27,30,33,36,40-43,45,47-48H2,1-2H3,(H,52,55)/b7-5-,8-6+,13-11-,17-16-,20-19-,23-22-,26-25-,29-28-,32-31-,35-34-,38-14+,39-37-,46-44+. The normalized spacial score (nSPS) is 14.6. The number of amides is 1. The van der Waals surface area contributed by atoms with E-state index >= 15 is 0 Å². The Kier molecular flexibility index (Phi) is 41.2. The lowest BCUT2D eigenvalue weighted by Gasteiger charge is -2.19. The number of aliphatic hydroxyl groups is 2. The van der Waals surface area contributed by atoms with Gasteiger partial charge in [0.05, 0.1) is 18.8 Å². The van der Waals surface area contributed by atoms with Crippen molar-refractivity contribution >= 4 is 5.91 Å². The van der Waals surface area contributed by atoms with Gasteiger partial charge in [0.2, 0.25) is 5.91 Å². The van der Waals surface area contributed by atoms with E-state index < -0.39 is 12.1 Å². The molecule has 55 heavy (non-hydrogen) atoms. The van der Waals surface area contributed by atoms with Crippen LogP contribution >= 0.6 is 0 Å². The Labute approximate surface area is 337 Å². The summed E-state index contributed by atoms with van der Waals surface area (Å²) in [5.41, 5.74) is 0. The number of aliphatic hydroxyl groups excluding tert-OH is 2. The first-order chi connectivity index (χ1) is 27.2. The van der Waals surface area contributed by atoms with Gasteiger partial charge in [-0.25, -0.2) is 0 Å². The van der Waals surface area contributed by atoms with Crippen LogP contribution in [-0.2, 0) is 4.79 Å². The van der Waals surface area contributed by atoms with Crippen molar-refractivity contribution in [1.82, 2.24) is 5.32 Å². The number of hydrogen-bond donors (Lipinski definition) is 3. The SMILES string of the molecule is CC/C=C\C/C=C\C/C=C\C/C=C\C/C=C\C/C=C\C/C=C\C/C=C\C/C=C\C/C=C\CCCCC(=O)NC(CO)C(O)/C=C/CC/C=C/CC/C=C/CC. The molecule has 0 aliphatic carbocycles. The molecular weight excluding hydrogens is 675 g/mol. The van der Waals surface area contributed by atoms with Crippen LogP contribution in [0, 0.1) is 0 Å². The van der Waals surface area contributed by atoms with E-state index in [1.165, 1.54) is 0 Å². The molecule has 0 fully saturated rings. The zero-order valence-electron chi connectivity index (χ0n) is 34.6. The molecule has 1 amide bonds. The summed E-state index contributed by atoms with van der Waals surface area (Å²) in [5.74, 6) is -0.133. The first-order valence-electron chi connectivity index (χ1n) is 21.2. The summed E-state index contributed by atoms with van der Waals surface area (Å²) in [6, 6.07) is -0.679. The Bertz CT molecular complexity index is 1260. The molecule has 0 aromatic heterocycles. The first-order valence-corrected chi connectivity index (χ1v) is 21.2. The minimum atomic E-state index is -0.898. The van der Waals surface area contributed by atoms with Crippen molar-refractivity contribution in [2.24, 2.45) is 0 Å². The van der Waals surface area contributed by atoms with Gasteiger partial charge in [0.25, 0.3) is 0 Å². The summed E-state index contributed by atoms with van der Waals surface area (Å²) in [6.07, 6.45) is 73.6. The van der Waals surface area contributed by atoms with Gasteiger partial charge in [-0.15, -0.1) is 0 Å². The van der Waals surface area contributed by atoms with Crippen LogP contribution < -0.4 is 5.32 Å². The average Bonchev–Trinajstić information content (AvgIpc) is 3.19. The van der Waals surface area contributed by atoms with Gasteiger partial charge in [0, 0.05) is 6.42 Å². The van der Waals surface area contributed by atoms with E-state index in [-0.39, 0.29) is 12.5 Å².